The first-order chi connectivity index (χ1) is 3.91. The van der Waals surface area contributed by atoms with Crippen LogP contribution < -0.4 is 0 Å². The number of hydrogen-bond acceptors (Lipinski definition) is 1. The molecule has 0 fully saturated rings. The van der Waals surface area contributed by atoms with Gasteiger partial charge in [-0.1, -0.05) is 6.08 Å². The zero-order chi connectivity index (χ0) is 6.24. The minimum Gasteiger partial charge on any atom is -0.377 e. The Morgan fingerprint density at radius 2 is 2.38 bits per heavy atom. The third-order valence-electron chi connectivity index (χ3n) is 0.729. The molecule has 0 aromatic heterocycles. The summed E-state index contributed by atoms with van der Waals surface area (Å²) in [6.07, 6.45) is 3.38. The topological polar surface area (TPSA) is 9.23 Å². The van der Waals surface area contributed by atoms with Crippen LogP contribution in [0.25, 0.3) is 0 Å². The molecule has 0 amide bonds. The van der Waals surface area contributed by atoms with Crippen molar-refractivity contribution < 1.29 is 4.74 Å². The molecule has 1 nitrogen and oxygen atoms in total. The maximum atomic E-state index is 5.20. The van der Waals surface area contributed by atoms with E-state index in [0.29, 0.717) is 13.0 Å². The molecule has 0 saturated carbocycles. The van der Waals surface area contributed by atoms with E-state index in [1.165, 1.54) is 0 Å². The predicted molar refractivity (Wildman–Crippen MR) is 34.5 cm³/mol. The summed E-state index contributed by atoms with van der Waals surface area (Å²) in [5, 5.41) is 0. The van der Waals surface area contributed by atoms with Crippen LogP contribution in [-0.4, -0.2) is 13.2 Å². The Bertz CT molecular complexity index is 50.3. The zero-order valence-corrected chi connectivity index (χ0v) is 5.10. The van der Waals surface area contributed by atoms with Gasteiger partial charge in [0.05, 0.1) is 6.61 Å². The Kier molecular flexibility index (Phi) is 6.45. The largest absolute Gasteiger partial charge is 0.377 e. The van der Waals surface area contributed by atoms with Crippen molar-refractivity contribution in [2.24, 2.45) is 0 Å². The molecule has 0 saturated heterocycles. The summed E-state index contributed by atoms with van der Waals surface area (Å²) >= 11 is 0. The molecule has 0 aliphatic heterocycles. The standard InChI is InChI=1S/C7H12O/c1-3-5-7-8-6-4-2/h1,4H,2-3,5-7H2. The SMILES string of the molecule is [CH]CCCOCC=C. The van der Waals surface area contributed by atoms with E-state index < -0.39 is 0 Å². The minimum atomic E-state index is 0.639. The maximum absolute atomic E-state index is 5.20. The second kappa shape index (κ2) is 6.70. The lowest BCUT2D eigenvalue weighted by Gasteiger charge is -1.95. The van der Waals surface area contributed by atoms with Gasteiger partial charge in [0.2, 0.25) is 0 Å². The van der Waals surface area contributed by atoms with Gasteiger partial charge in [0.15, 0.2) is 0 Å². The Balaban J connectivity index is 2.62. The van der Waals surface area contributed by atoms with Crippen LogP contribution in [0.4, 0.5) is 0 Å². The van der Waals surface area contributed by atoms with E-state index in [-0.39, 0.29) is 0 Å². The van der Waals surface area contributed by atoms with Crippen LogP contribution in [0, 0.1) is 6.92 Å². The molecule has 2 radical (unpaired) electrons. The molecular formula is C7H12O. The van der Waals surface area contributed by atoms with Gasteiger partial charge in [0.1, 0.15) is 0 Å². The highest BCUT2D eigenvalue weighted by Crippen LogP contribution is 1.86. The Morgan fingerprint density at radius 3 is 2.88 bits per heavy atom. The van der Waals surface area contributed by atoms with Gasteiger partial charge in [-0.05, 0) is 19.8 Å². The van der Waals surface area contributed by atoms with Crippen molar-refractivity contribution >= 4 is 0 Å². The molecule has 46 valence electrons. The van der Waals surface area contributed by atoms with Crippen molar-refractivity contribution in [3.8, 4) is 0 Å². The van der Waals surface area contributed by atoms with Gasteiger partial charge in [0.25, 0.3) is 0 Å². The molecule has 0 heterocycles. The lowest BCUT2D eigenvalue weighted by Crippen LogP contribution is -1.92. The fraction of sp³-hybridized carbons (Fsp3) is 0.571. The normalized spacial score (nSPS) is 9.12. The van der Waals surface area contributed by atoms with Gasteiger partial charge in [-0.15, -0.1) is 6.58 Å². The first kappa shape index (κ1) is 7.70. The minimum absolute atomic E-state index is 0.639. The second-order valence-electron chi connectivity index (χ2n) is 1.51. The van der Waals surface area contributed by atoms with Gasteiger partial charge in [-0.25, -0.2) is 0 Å². The quantitative estimate of drug-likeness (QED) is 0.388. The number of ether oxygens (including phenoxy) is 1. The average molecular weight is 112 g/mol. The van der Waals surface area contributed by atoms with E-state index >= 15 is 0 Å². The van der Waals surface area contributed by atoms with Crippen molar-refractivity contribution in [2.75, 3.05) is 13.2 Å². The van der Waals surface area contributed by atoms with Crippen LogP contribution in [0.2, 0.25) is 0 Å². The Hall–Kier alpha value is -0.300. The highest BCUT2D eigenvalue weighted by molar-refractivity contribution is 4.63. The second-order valence-corrected chi connectivity index (χ2v) is 1.51. The molecule has 0 aliphatic rings. The van der Waals surface area contributed by atoms with Gasteiger partial charge in [-0.3, -0.25) is 0 Å². The van der Waals surface area contributed by atoms with Crippen molar-refractivity contribution in [1.29, 1.82) is 0 Å². The fourth-order valence-electron chi connectivity index (χ4n) is 0.352. The molecule has 0 atom stereocenters. The van der Waals surface area contributed by atoms with E-state index in [4.69, 9.17) is 11.7 Å². The number of unbranched alkanes of at least 4 members (excludes halogenated alkanes) is 1. The summed E-state index contributed by atoms with van der Waals surface area (Å²) < 4.78 is 5.03. The van der Waals surface area contributed by atoms with Crippen LogP contribution in [-0.2, 0) is 4.74 Å². The zero-order valence-electron chi connectivity index (χ0n) is 5.10. The van der Waals surface area contributed by atoms with Crippen molar-refractivity contribution in [2.45, 2.75) is 12.8 Å². The van der Waals surface area contributed by atoms with E-state index in [1.807, 2.05) is 0 Å². The molecule has 8 heavy (non-hydrogen) atoms. The van der Waals surface area contributed by atoms with Crippen molar-refractivity contribution in [1.82, 2.24) is 0 Å². The summed E-state index contributed by atoms with van der Waals surface area (Å²) in [7, 11) is 0. The smallest absolute Gasteiger partial charge is 0.0644 e. The summed E-state index contributed by atoms with van der Waals surface area (Å²) in [6, 6.07) is 0. The predicted octanol–water partition coefficient (Wildman–Crippen LogP) is 1.68. The van der Waals surface area contributed by atoms with Crippen molar-refractivity contribution in [3.05, 3.63) is 19.6 Å². The third kappa shape index (κ3) is 5.70. The molecule has 1 heteroatoms. The van der Waals surface area contributed by atoms with E-state index in [2.05, 4.69) is 6.58 Å². The van der Waals surface area contributed by atoms with Gasteiger partial charge >= 0.3 is 0 Å². The van der Waals surface area contributed by atoms with Crippen LogP contribution >= 0.6 is 0 Å². The maximum Gasteiger partial charge on any atom is 0.0644 e. The third-order valence-corrected chi connectivity index (χ3v) is 0.729. The molecule has 0 rings (SSSR count). The van der Waals surface area contributed by atoms with Gasteiger partial charge in [-0.2, -0.15) is 0 Å². The molecular weight excluding hydrogens is 100 g/mol. The van der Waals surface area contributed by atoms with E-state index in [0.717, 1.165) is 13.0 Å². The number of rotatable bonds is 5. The Morgan fingerprint density at radius 1 is 1.62 bits per heavy atom. The number of hydrogen-bond donors (Lipinski definition) is 0. The lowest BCUT2D eigenvalue weighted by molar-refractivity contribution is 0.160. The van der Waals surface area contributed by atoms with E-state index in [9.17, 15) is 0 Å². The monoisotopic (exact) mass is 112 g/mol. The Labute approximate surface area is 51.4 Å². The van der Waals surface area contributed by atoms with E-state index in [1.54, 1.807) is 6.08 Å². The molecule has 0 spiro atoms. The summed E-state index contributed by atoms with van der Waals surface area (Å²) in [5.41, 5.74) is 0. The lowest BCUT2D eigenvalue weighted by atomic mass is 10.4. The summed E-state index contributed by atoms with van der Waals surface area (Å²) in [6.45, 7) is 10.1. The fourth-order valence-corrected chi connectivity index (χ4v) is 0.352. The van der Waals surface area contributed by atoms with Crippen molar-refractivity contribution in [3.63, 3.8) is 0 Å². The molecule has 0 aliphatic carbocycles. The highest BCUT2D eigenvalue weighted by Gasteiger charge is 1.80. The molecule has 0 unspecified atom stereocenters. The highest BCUT2D eigenvalue weighted by atomic mass is 16.5. The summed E-state index contributed by atoms with van der Waals surface area (Å²) in [4.78, 5) is 0. The first-order valence-corrected chi connectivity index (χ1v) is 2.80. The molecule has 0 aromatic rings. The van der Waals surface area contributed by atoms with Crippen LogP contribution in [0.1, 0.15) is 12.8 Å². The molecule has 0 aromatic carbocycles. The van der Waals surface area contributed by atoms with Crippen LogP contribution in [0.3, 0.4) is 0 Å². The van der Waals surface area contributed by atoms with Gasteiger partial charge in [0, 0.05) is 6.61 Å². The van der Waals surface area contributed by atoms with Crippen LogP contribution in [0.15, 0.2) is 12.7 Å². The molecule has 0 N–H and O–H groups in total. The summed E-state index contributed by atoms with van der Waals surface area (Å²) in [5.74, 6) is 0. The van der Waals surface area contributed by atoms with Crippen LogP contribution in [0.5, 0.6) is 0 Å². The van der Waals surface area contributed by atoms with Gasteiger partial charge < -0.3 is 4.74 Å². The molecule has 0 bridgehead atoms. The first-order valence-electron chi connectivity index (χ1n) is 2.80. The average Bonchev–Trinajstić information content (AvgIpc) is 1.81.